The van der Waals surface area contributed by atoms with Crippen LogP contribution in [0.2, 0.25) is 10.0 Å². The summed E-state index contributed by atoms with van der Waals surface area (Å²) in [5.41, 5.74) is -0.562. The van der Waals surface area contributed by atoms with Gasteiger partial charge in [-0.15, -0.1) is 0 Å². The molecule has 0 spiro atoms. The number of rotatable bonds is 6. The molecule has 0 saturated carbocycles. The maximum atomic E-state index is 14.2. The van der Waals surface area contributed by atoms with Gasteiger partial charge in [0, 0.05) is 27.7 Å². The zero-order valence-electron chi connectivity index (χ0n) is 15.7. The van der Waals surface area contributed by atoms with Crippen LogP contribution < -0.4 is 5.32 Å². The normalized spacial score (nSPS) is 12.2. The van der Waals surface area contributed by atoms with Gasteiger partial charge in [-0.1, -0.05) is 29.3 Å². The van der Waals surface area contributed by atoms with Crippen molar-refractivity contribution in [3.05, 3.63) is 63.9 Å². The Morgan fingerprint density at radius 3 is 2.25 bits per heavy atom. The third-order valence-electron chi connectivity index (χ3n) is 3.68. The van der Waals surface area contributed by atoms with Crippen LogP contribution >= 0.6 is 23.2 Å². The molecule has 0 aliphatic rings. The van der Waals surface area contributed by atoms with E-state index in [0.717, 1.165) is 4.31 Å². The fourth-order valence-corrected chi connectivity index (χ4v) is 4.17. The fourth-order valence-electron chi connectivity index (χ4n) is 2.46. The van der Waals surface area contributed by atoms with Crippen LogP contribution in [0.3, 0.4) is 0 Å². The SMILES string of the molecule is CC(C)(C)NC(=O)CN(Cc1c(F)cccc1Cl)S(=O)(=O)c1ccc(Cl)cc1. The predicted molar refractivity (Wildman–Crippen MR) is 108 cm³/mol. The zero-order valence-corrected chi connectivity index (χ0v) is 18.0. The van der Waals surface area contributed by atoms with E-state index in [2.05, 4.69) is 5.32 Å². The van der Waals surface area contributed by atoms with Gasteiger partial charge < -0.3 is 5.32 Å². The van der Waals surface area contributed by atoms with E-state index in [1.165, 1.54) is 42.5 Å². The molecule has 0 radical (unpaired) electrons. The minimum Gasteiger partial charge on any atom is -0.350 e. The van der Waals surface area contributed by atoms with Crippen LogP contribution in [-0.2, 0) is 21.4 Å². The lowest BCUT2D eigenvalue weighted by molar-refractivity contribution is -0.122. The van der Waals surface area contributed by atoms with Crippen LogP contribution in [0.15, 0.2) is 47.4 Å². The van der Waals surface area contributed by atoms with Gasteiger partial charge in [0.1, 0.15) is 5.82 Å². The van der Waals surface area contributed by atoms with Crippen LogP contribution in [0.4, 0.5) is 4.39 Å². The van der Waals surface area contributed by atoms with E-state index in [1.54, 1.807) is 20.8 Å². The van der Waals surface area contributed by atoms with Gasteiger partial charge in [-0.05, 0) is 57.2 Å². The number of benzene rings is 2. The highest BCUT2D eigenvalue weighted by Crippen LogP contribution is 2.25. The molecule has 28 heavy (non-hydrogen) atoms. The third-order valence-corrected chi connectivity index (χ3v) is 6.09. The third kappa shape index (κ3) is 5.91. The van der Waals surface area contributed by atoms with Gasteiger partial charge in [0.05, 0.1) is 11.4 Å². The highest BCUT2D eigenvalue weighted by Gasteiger charge is 2.29. The van der Waals surface area contributed by atoms with E-state index in [1.807, 2.05) is 0 Å². The Kier molecular flexibility index (Phi) is 7.09. The molecule has 0 aromatic heterocycles. The van der Waals surface area contributed by atoms with Crippen molar-refractivity contribution in [2.75, 3.05) is 6.54 Å². The highest BCUT2D eigenvalue weighted by molar-refractivity contribution is 7.89. The molecular formula is C19H21Cl2FN2O3S. The van der Waals surface area contributed by atoms with Crippen molar-refractivity contribution in [2.45, 2.75) is 37.8 Å². The molecule has 0 unspecified atom stereocenters. The minimum atomic E-state index is -4.11. The van der Waals surface area contributed by atoms with Crippen LogP contribution in [0.25, 0.3) is 0 Å². The van der Waals surface area contributed by atoms with Crippen molar-refractivity contribution in [2.24, 2.45) is 0 Å². The largest absolute Gasteiger partial charge is 0.350 e. The average Bonchev–Trinajstić information content (AvgIpc) is 2.56. The monoisotopic (exact) mass is 446 g/mol. The van der Waals surface area contributed by atoms with Gasteiger partial charge in [-0.25, -0.2) is 12.8 Å². The molecular weight excluding hydrogens is 426 g/mol. The van der Waals surface area contributed by atoms with Crippen molar-refractivity contribution in [1.82, 2.24) is 9.62 Å². The lowest BCUT2D eigenvalue weighted by Crippen LogP contribution is -2.47. The molecule has 2 aromatic carbocycles. The zero-order chi connectivity index (χ0) is 21.1. The first kappa shape index (κ1) is 22.6. The molecule has 0 bridgehead atoms. The number of carbonyl (C=O) groups excluding carboxylic acids is 1. The lowest BCUT2D eigenvalue weighted by Gasteiger charge is -2.26. The van der Waals surface area contributed by atoms with Crippen molar-refractivity contribution in [3.63, 3.8) is 0 Å². The molecule has 0 aliphatic heterocycles. The van der Waals surface area contributed by atoms with Crippen molar-refractivity contribution >= 4 is 39.1 Å². The van der Waals surface area contributed by atoms with Crippen LogP contribution in [0, 0.1) is 5.82 Å². The number of amides is 1. The summed E-state index contributed by atoms with van der Waals surface area (Å²) in [5, 5.41) is 3.15. The molecule has 0 aliphatic carbocycles. The van der Waals surface area contributed by atoms with E-state index in [9.17, 15) is 17.6 Å². The summed E-state index contributed by atoms with van der Waals surface area (Å²) in [6.45, 7) is 4.44. The number of carbonyl (C=O) groups is 1. The lowest BCUT2D eigenvalue weighted by atomic mass is 10.1. The molecule has 1 N–H and O–H groups in total. The van der Waals surface area contributed by atoms with E-state index in [0.29, 0.717) is 5.02 Å². The molecule has 2 rings (SSSR count). The fraction of sp³-hybridized carbons (Fsp3) is 0.316. The maximum absolute atomic E-state index is 14.2. The molecule has 0 fully saturated rings. The number of hydrogen-bond acceptors (Lipinski definition) is 3. The Morgan fingerprint density at radius 2 is 1.71 bits per heavy atom. The number of halogens is 3. The first-order valence-corrected chi connectivity index (χ1v) is 10.6. The number of hydrogen-bond donors (Lipinski definition) is 1. The van der Waals surface area contributed by atoms with Gasteiger partial charge in [0.15, 0.2) is 0 Å². The summed E-state index contributed by atoms with van der Waals surface area (Å²) < 4.78 is 41.3. The van der Waals surface area contributed by atoms with E-state index >= 15 is 0 Å². The molecule has 5 nitrogen and oxygen atoms in total. The van der Waals surface area contributed by atoms with Gasteiger partial charge >= 0.3 is 0 Å². The van der Waals surface area contributed by atoms with Crippen molar-refractivity contribution in [3.8, 4) is 0 Å². The summed E-state index contributed by atoms with van der Waals surface area (Å²) in [6, 6.07) is 9.58. The van der Waals surface area contributed by atoms with E-state index in [-0.39, 0.29) is 15.5 Å². The van der Waals surface area contributed by atoms with Gasteiger partial charge in [-0.2, -0.15) is 4.31 Å². The summed E-state index contributed by atoms with van der Waals surface area (Å²) in [4.78, 5) is 12.3. The van der Waals surface area contributed by atoms with Crippen LogP contribution in [-0.4, -0.2) is 30.7 Å². The van der Waals surface area contributed by atoms with Crippen LogP contribution in [0.1, 0.15) is 26.3 Å². The number of nitrogens with zero attached hydrogens (tertiary/aromatic N) is 1. The molecule has 1 amide bonds. The molecule has 2 aromatic rings. The Hall–Kier alpha value is -1.67. The first-order valence-electron chi connectivity index (χ1n) is 8.40. The molecule has 152 valence electrons. The predicted octanol–water partition coefficient (Wildman–Crippen LogP) is 4.24. The quantitative estimate of drug-likeness (QED) is 0.721. The standard InChI is InChI=1S/C19H21Cl2FN2O3S/c1-19(2,3)23-18(25)12-24(11-15-16(21)5-4-6-17(15)22)28(26,27)14-9-7-13(20)8-10-14/h4-10H,11-12H2,1-3H3,(H,23,25). The molecule has 0 heterocycles. The van der Waals surface area contributed by atoms with Crippen molar-refractivity contribution in [1.29, 1.82) is 0 Å². The van der Waals surface area contributed by atoms with E-state index in [4.69, 9.17) is 23.2 Å². The topological polar surface area (TPSA) is 66.5 Å². The number of sulfonamides is 1. The minimum absolute atomic E-state index is 0.00901. The summed E-state index contributed by atoms with van der Waals surface area (Å²) in [7, 11) is -4.11. The smallest absolute Gasteiger partial charge is 0.243 e. The Balaban J connectivity index is 2.43. The van der Waals surface area contributed by atoms with Gasteiger partial charge in [-0.3, -0.25) is 4.79 Å². The Morgan fingerprint density at radius 1 is 1.11 bits per heavy atom. The molecule has 0 saturated heterocycles. The second-order valence-corrected chi connectivity index (χ2v) is 10.0. The molecule has 9 heteroatoms. The van der Waals surface area contributed by atoms with Crippen LogP contribution in [0.5, 0.6) is 0 Å². The molecule has 0 atom stereocenters. The van der Waals surface area contributed by atoms with Gasteiger partial charge in [0.2, 0.25) is 15.9 Å². The van der Waals surface area contributed by atoms with Crippen molar-refractivity contribution < 1.29 is 17.6 Å². The average molecular weight is 447 g/mol. The second-order valence-electron chi connectivity index (χ2n) is 7.23. The summed E-state index contributed by atoms with van der Waals surface area (Å²) in [5.74, 6) is -1.17. The summed E-state index contributed by atoms with van der Waals surface area (Å²) in [6.07, 6.45) is 0. The summed E-state index contributed by atoms with van der Waals surface area (Å²) >= 11 is 11.9. The highest BCUT2D eigenvalue weighted by atomic mass is 35.5. The maximum Gasteiger partial charge on any atom is 0.243 e. The Bertz CT molecular complexity index is 938. The van der Waals surface area contributed by atoms with Gasteiger partial charge in [0.25, 0.3) is 0 Å². The second kappa shape index (κ2) is 8.78. The Labute approximate surface area is 174 Å². The number of nitrogens with one attached hydrogen (secondary N) is 1. The first-order chi connectivity index (χ1) is 12.9. The van der Waals surface area contributed by atoms with E-state index < -0.39 is 40.4 Å².